The minimum atomic E-state index is -1.03. The molecular weight excluding hydrogens is 268 g/mol. The number of nitrogens with zero attached hydrogens (tertiary/aromatic N) is 2. The summed E-state index contributed by atoms with van der Waals surface area (Å²) < 4.78 is 0. The number of carbonyl (C=O) groups excluding carboxylic acids is 1. The van der Waals surface area contributed by atoms with Gasteiger partial charge >= 0.3 is 12.0 Å². The summed E-state index contributed by atoms with van der Waals surface area (Å²) in [5, 5.41) is 9.51. The Morgan fingerprint density at radius 3 is 2.43 bits per heavy atom. The summed E-state index contributed by atoms with van der Waals surface area (Å²) in [6, 6.07) is -0.0745. The van der Waals surface area contributed by atoms with Gasteiger partial charge in [-0.3, -0.25) is 0 Å². The first kappa shape index (κ1) is 16.1. The average Bonchev–Trinajstić information content (AvgIpc) is 2.48. The second kappa shape index (κ2) is 6.67. The number of hydrogen-bond donors (Lipinski definition) is 1. The predicted molar refractivity (Wildman–Crippen MR) is 81.2 cm³/mol. The van der Waals surface area contributed by atoms with Crippen molar-refractivity contribution < 1.29 is 14.7 Å². The van der Waals surface area contributed by atoms with E-state index in [1.807, 2.05) is 4.90 Å². The van der Waals surface area contributed by atoms with Crippen molar-refractivity contribution in [2.45, 2.75) is 64.3 Å². The van der Waals surface area contributed by atoms with E-state index < -0.39 is 11.5 Å². The van der Waals surface area contributed by atoms with Gasteiger partial charge in [0.1, 0.15) is 5.54 Å². The lowest BCUT2D eigenvalue weighted by Gasteiger charge is -2.45. The molecule has 0 saturated carbocycles. The number of urea groups is 1. The molecule has 2 aliphatic heterocycles. The summed E-state index contributed by atoms with van der Waals surface area (Å²) in [4.78, 5) is 27.8. The van der Waals surface area contributed by atoms with E-state index in [-0.39, 0.29) is 6.03 Å². The van der Waals surface area contributed by atoms with Crippen LogP contribution in [0.3, 0.4) is 0 Å². The van der Waals surface area contributed by atoms with Crippen LogP contribution in [-0.4, -0.2) is 52.1 Å². The second-order valence-electron chi connectivity index (χ2n) is 6.69. The molecule has 2 fully saturated rings. The van der Waals surface area contributed by atoms with Gasteiger partial charge in [0.2, 0.25) is 0 Å². The van der Waals surface area contributed by atoms with E-state index in [2.05, 4.69) is 6.92 Å². The Kier molecular flexibility index (Phi) is 5.12. The minimum Gasteiger partial charge on any atom is -0.480 e. The molecule has 0 aromatic rings. The summed E-state index contributed by atoms with van der Waals surface area (Å²) >= 11 is 0. The van der Waals surface area contributed by atoms with Crippen LogP contribution in [0.2, 0.25) is 0 Å². The van der Waals surface area contributed by atoms with E-state index in [0.717, 1.165) is 44.7 Å². The van der Waals surface area contributed by atoms with Crippen LogP contribution in [0.5, 0.6) is 0 Å². The minimum absolute atomic E-state index is 0.0745. The Bertz CT molecular complexity index is 391. The molecule has 2 aliphatic rings. The van der Waals surface area contributed by atoms with Crippen LogP contribution in [-0.2, 0) is 4.79 Å². The van der Waals surface area contributed by atoms with Crippen molar-refractivity contribution in [2.24, 2.45) is 5.92 Å². The van der Waals surface area contributed by atoms with Gasteiger partial charge in [-0.05, 0) is 44.9 Å². The highest BCUT2D eigenvalue weighted by atomic mass is 16.4. The molecule has 0 bridgehead atoms. The first-order chi connectivity index (χ1) is 9.99. The molecule has 0 aromatic heterocycles. The largest absolute Gasteiger partial charge is 0.480 e. The molecule has 2 saturated heterocycles. The molecule has 5 nitrogen and oxygen atoms in total. The van der Waals surface area contributed by atoms with E-state index in [9.17, 15) is 14.7 Å². The maximum absolute atomic E-state index is 12.7. The van der Waals surface area contributed by atoms with Crippen molar-refractivity contribution in [3.63, 3.8) is 0 Å². The van der Waals surface area contributed by atoms with Crippen LogP contribution in [0.4, 0.5) is 4.79 Å². The van der Waals surface area contributed by atoms with Gasteiger partial charge in [0.25, 0.3) is 0 Å². The lowest BCUT2D eigenvalue weighted by atomic mass is 9.88. The molecule has 0 aliphatic carbocycles. The zero-order chi connectivity index (χ0) is 15.5. The Balaban J connectivity index is 2.00. The average molecular weight is 296 g/mol. The number of aliphatic carboxylic acids is 1. The van der Waals surface area contributed by atoms with Crippen LogP contribution in [0.15, 0.2) is 0 Å². The van der Waals surface area contributed by atoms with Gasteiger partial charge in [0, 0.05) is 19.6 Å². The molecule has 21 heavy (non-hydrogen) atoms. The third-order valence-electron chi connectivity index (χ3n) is 5.16. The molecular formula is C16H28N2O3. The van der Waals surface area contributed by atoms with Crippen molar-refractivity contribution in [3.8, 4) is 0 Å². The van der Waals surface area contributed by atoms with Crippen LogP contribution in [0.1, 0.15) is 58.8 Å². The van der Waals surface area contributed by atoms with Crippen molar-refractivity contribution in [1.82, 2.24) is 9.80 Å². The highest BCUT2D eigenvalue weighted by molar-refractivity contribution is 5.86. The molecule has 2 rings (SSSR count). The van der Waals surface area contributed by atoms with Gasteiger partial charge in [-0.25, -0.2) is 9.59 Å². The first-order valence-electron chi connectivity index (χ1n) is 8.29. The maximum Gasteiger partial charge on any atom is 0.329 e. The molecule has 120 valence electrons. The van der Waals surface area contributed by atoms with Crippen LogP contribution < -0.4 is 0 Å². The van der Waals surface area contributed by atoms with Crippen LogP contribution in [0.25, 0.3) is 0 Å². The lowest BCUT2D eigenvalue weighted by molar-refractivity contribution is -0.150. The molecule has 1 N–H and O–H groups in total. The summed E-state index contributed by atoms with van der Waals surface area (Å²) in [6.45, 7) is 6.00. The number of rotatable bonds is 3. The fraction of sp³-hybridized carbons (Fsp3) is 0.875. The number of likely N-dealkylation sites (tertiary alicyclic amines) is 2. The summed E-state index contributed by atoms with van der Waals surface area (Å²) in [6.07, 6.45) is 6.88. The fourth-order valence-electron chi connectivity index (χ4n) is 3.64. The molecule has 0 aromatic carbocycles. The number of carbonyl (C=O) groups is 2. The molecule has 2 amide bonds. The van der Waals surface area contributed by atoms with Gasteiger partial charge in [-0.15, -0.1) is 0 Å². The summed E-state index contributed by atoms with van der Waals surface area (Å²) in [7, 11) is 0. The van der Waals surface area contributed by atoms with E-state index in [1.165, 1.54) is 12.8 Å². The zero-order valence-corrected chi connectivity index (χ0v) is 13.3. The Morgan fingerprint density at radius 1 is 1.19 bits per heavy atom. The van der Waals surface area contributed by atoms with Crippen LogP contribution >= 0.6 is 0 Å². The van der Waals surface area contributed by atoms with E-state index in [1.54, 1.807) is 11.8 Å². The number of piperidine rings is 2. The Morgan fingerprint density at radius 2 is 1.86 bits per heavy atom. The van der Waals surface area contributed by atoms with Crippen molar-refractivity contribution >= 4 is 12.0 Å². The zero-order valence-electron chi connectivity index (χ0n) is 13.3. The molecule has 1 unspecified atom stereocenters. The predicted octanol–water partition coefficient (Wildman–Crippen LogP) is 2.95. The molecule has 0 radical (unpaired) electrons. The SMILES string of the molecule is CCCC1CCN(C(=O)N2CCCCC2(C)C(=O)O)CC1. The number of carboxylic acid groups (broad SMARTS) is 1. The number of amides is 2. The second-order valence-corrected chi connectivity index (χ2v) is 6.69. The van der Waals surface area contributed by atoms with Gasteiger partial charge < -0.3 is 14.9 Å². The highest BCUT2D eigenvalue weighted by Crippen LogP contribution is 2.31. The van der Waals surface area contributed by atoms with Crippen LogP contribution in [0, 0.1) is 5.92 Å². The van der Waals surface area contributed by atoms with Gasteiger partial charge in [0.15, 0.2) is 0 Å². The summed E-state index contributed by atoms with van der Waals surface area (Å²) in [5.74, 6) is -0.150. The standard InChI is InChI=1S/C16H28N2O3/c1-3-6-13-7-11-17(12-8-13)15(21)18-10-5-4-9-16(18,2)14(19)20/h13H,3-12H2,1-2H3,(H,19,20). The third-order valence-corrected chi connectivity index (χ3v) is 5.16. The van der Waals surface area contributed by atoms with E-state index in [4.69, 9.17) is 0 Å². The smallest absolute Gasteiger partial charge is 0.329 e. The highest BCUT2D eigenvalue weighted by Gasteiger charge is 2.45. The Hall–Kier alpha value is -1.26. The first-order valence-corrected chi connectivity index (χ1v) is 8.29. The topological polar surface area (TPSA) is 60.9 Å². The van der Waals surface area contributed by atoms with Gasteiger partial charge in [-0.2, -0.15) is 0 Å². The Labute approximate surface area is 127 Å². The van der Waals surface area contributed by atoms with Gasteiger partial charge in [0.05, 0.1) is 0 Å². The number of hydrogen-bond acceptors (Lipinski definition) is 2. The molecule has 0 spiro atoms. The molecule has 5 heteroatoms. The van der Waals surface area contributed by atoms with Crippen molar-refractivity contribution in [2.75, 3.05) is 19.6 Å². The normalized spacial score (nSPS) is 27.7. The quantitative estimate of drug-likeness (QED) is 0.871. The van der Waals surface area contributed by atoms with E-state index in [0.29, 0.717) is 13.0 Å². The molecule has 2 heterocycles. The maximum atomic E-state index is 12.7. The van der Waals surface area contributed by atoms with E-state index >= 15 is 0 Å². The van der Waals surface area contributed by atoms with Crippen molar-refractivity contribution in [3.05, 3.63) is 0 Å². The summed E-state index contributed by atoms with van der Waals surface area (Å²) in [5.41, 5.74) is -1.03. The third kappa shape index (κ3) is 3.33. The van der Waals surface area contributed by atoms with Gasteiger partial charge in [-0.1, -0.05) is 19.8 Å². The monoisotopic (exact) mass is 296 g/mol. The number of carboxylic acids is 1. The van der Waals surface area contributed by atoms with Crippen molar-refractivity contribution in [1.29, 1.82) is 0 Å². The molecule has 1 atom stereocenters. The lowest BCUT2D eigenvalue weighted by Crippen LogP contribution is -2.61. The fourth-order valence-corrected chi connectivity index (χ4v) is 3.64.